The SMILES string of the molecule is C=C(C)CN(CC)c1cc(C)ncc1CNCCC. The van der Waals surface area contributed by atoms with Gasteiger partial charge >= 0.3 is 0 Å². The lowest BCUT2D eigenvalue weighted by molar-refractivity contribution is 0.671. The summed E-state index contributed by atoms with van der Waals surface area (Å²) in [5, 5.41) is 3.45. The highest BCUT2D eigenvalue weighted by Crippen LogP contribution is 2.21. The van der Waals surface area contributed by atoms with Crippen LogP contribution in [0.3, 0.4) is 0 Å². The third-order valence-electron chi connectivity index (χ3n) is 3.02. The highest BCUT2D eigenvalue weighted by atomic mass is 15.1. The molecule has 0 aromatic carbocycles. The maximum atomic E-state index is 4.43. The molecule has 106 valence electrons. The van der Waals surface area contributed by atoms with Crippen molar-refractivity contribution in [2.75, 3.05) is 24.5 Å². The zero-order valence-corrected chi connectivity index (χ0v) is 12.8. The molecular formula is C16H27N3. The average Bonchev–Trinajstić information content (AvgIpc) is 2.37. The summed E-state index contributed by atoms with van der Waals surface area (Å²) in [7, 11) is 0. The second kappa shape index (κ2) is 7.95. The highest BCUT2D eigenvalue weighted by Gasteiger charge is 2.10. The summed E-state index contributed by atoms with van der Waals surface area (Å²) in [6.07, 6.45) is 3.15. The Balaban J connectivity index is 2.93. The summed E-state index contributed by atoms with van der Waals surface area (Å²) in [6, 6.07) is 2.18. The Bertz CT molecular complexity index is 412. The molecule has 0 aliphatic carbocycles. The Labute approximate surface area is 117 Å². The van der Waals surface area contributed by atoms with Gasteiger partial charge in [-0.05, 0) is 39.8 Å². The molecule has 1 rings (SSSR count). The molecule has 3 nitrogen and oxygen atoms in total. The molecule has 0 aliphatic rings. The molecule has 1 aromatic heterocycles. The fourth-order valence-electron chi connectivity index (χ4n) is 2.10. The van der Waals surface area contributed by atoms with Crippen molar-refractivity contribution < 1.29 is 0 Å². The Morgan fingerprint density at radius 2 is 2.16 bits per heavy atom. The predicted octanol–water partition coefficient (Wildman–Crippen LogP) is 3.29. The lowest BCUT2D eigenvalue weighted by Crippen LogP contribution is -2.27. The summed E-state index contributed by atoms with van der Waals surface area (Å²) in [5.41, 5.74) is 4.79. The van der Waals surface area contributed by atoms with Gasteiger partial charge in [0.05, 0.1) is 0 Å². The summed E-state index contributed by atoms with van der Waals surface area (Å²) >= 11 is 0. The number of rotatable bonds is 8. The van der Waals surface area contributed by atoms with Crippen molar-refractivity contribution in [1.82, 2.24) is 10.3 Å². The molecule has 1 heterocycles. The van der Waals surface area contributed by atoms with Crippen LogP contribution in [0.25, 0.3) is 0 Å². The first-order chi connectivity index (χ1) is 9.08. The van der Waals surface area contributed by atoms with Crippen molar-refractivity contribution in [2.24, 2.45) is 0 Å². The van der Waals surface area contributed by atoms with Gasteiger partial charge in [-0.2, -0.15) is 0 Å². The summed E-state index contributed by atoms with van der Waals surface area (Å²) in [6.45, 7) is 16.3. The molecular weight excluding hydrogens is 234 g/mol. The van der Waals surface area contributed by atoms with Crippen LogP contribution in [0.15, 0.2) is 24.4 Å². The van der Waals surface area contributed by atoms with Gasteiger partial charge in [0.2, 0.25) is 0 Å². The van der Waals surface area contributed by atoms with Crippen LogP contribution in [0.4, 0.5) is 5.69 Å². The quantitative estimate of drug-likeness (QED) is 0.575. The molecule has 0 aliphatic heterocycles. The Kier molecular flexibility index (Phi) is 6.57. The molecule has 0 radical (unpaired) electrons. The van der Waals surface area contributed by atoms with Crippen LogP contribution in [-0.4, -0.2) is 24.6 Å². The molecule has 0 saturated heterocycles. The summed E-state index contributed by atoms with van der Waals surface area (Å²) < 4.78 is 0. The fourth-order valence-corrected chi connectivity index (χ4v) is 2.10. The number of nitrogens with zero attached hydrogens (tertiary/aromatic N) is 2. The standard InChI is InChI=1S/C16H27N3/c1-6-8-17-10-15-11-18-14(5)9-16(15)19(7-2)12-13(3)4/h9,11,17H,3,6-8,10,12H2,1-2,4-5H3. The van der Waals surface area contributed by atoms with Crippen molar-refractivity contribution >= 4 is 5.69 Å². The van der Waals surface area contributed by atoms with E-state index in [0.717, 1.165) is 38.3 Å². The van der Waals surface area contributed by atoms with Gasteiger partial charge in [0, 0.05) is 42.8 Å². The topological polar surface area (TPSA) is 28.2 Å². The van der Waals surface area contributed by atoms with Crippen molar-refractivity contribution in [3.63, 3.8) is 0 Å². The first-order valence-corrected chi connectivity index (χ1v) is 7.14. The van der Waals surface area contributed by atoms with E-state index in [1.54, 1.807) is 0 Å². The largest absolute Gasteiger partial charge is 0.367 e. The van der Waals surface area contributed by atoms with Gasteiger partial charge in [0.25, 0.3) is 0 Å². The molecule has 0 amide bonds. The van der Waals surface area contributed by atoms with Crippen molar-refractivity contribution in [1.29, 1.82) is 0 Å². The zero-order chi connectivity index (χ0) is 14.3. The number of anilines is 1. The predicted molar refractivity (Wildman–Crippen MR) is 83.7 cm³/mol. The first kappa shape index (κ1) is 15.7. The van der Waals surface area contributed by atoms with E-state index in [4.69, 9.17) is 0 Å². The van der Waals surface area contributed by atoms with Gasteiger partial charge in [-0.3, -0.25) is 4.98 Å². The molecule has 1 N–H and O–H groups in total. The van der Waals surface area contributed by atoms with Crippen LogP contribution >= 0.6 is 0 Å². The minimum absolute atomic E-state index is 0.878. The van der Waals surface area contributed by atoms with Crippen LogP contribution in [0, 0.1) is 6.92 Å². The normalized spacial score (nSPS) is 10.5. The Hall–Kier alpha value is -1.35. The van der Waals surface area contributed by atoms with Gasteiger partial charge in [0.15, 0.2) is 0 Å². The molecule has 0 saturated carbocycles. The Morgan fingerprint density at radius 1 is 1.42 bits per heavy atom. The molecule has 0 unspecified atom stereocenters. The third-order valence-corrected chi connectivity index (χ3v) is 3.02. The van der Waals surface area contributed by atoms with Gasteiger partial charge in [-0.15, -0.1) is 0 Å². The molecule has 3 heteroatoms. The molecule has 0 fully saturated rings. The molecule has 0 bridgehead atoms. The third kappa shape index (κ3) is 5.03. The van der Waals surface area contributed by atoms with Crippen molar-refractivity contribution in [2.45, 2.75) is 40.7 Å². The number of nitrogens with one attached hydrogen (secondary N) is 1. The number of hydrogen-bond donors (Lipinski definition) is 1. The van der Waals surface area contributed by atoms with Crippen LogP contribution in [0.5, 0.6) is 0 Å². The van der Waals surface area contributed by atoms with Crippen LogP contribution in [0.2, 0.25) is 0 Å². The molecule has 0 atom stereocenters. The van der Waals surface area contributed by atoms with E-state index >= 15 is 0 Å². The van der Waals surface area contributed by atoms with E-state index < -0.39 is 0 Å². The highest BCUT2D eigenvalue weighted by molar-refractivity contribution is 5.54. The van der Waals surface area contributed by atoms with Gasteiger partial charge in [-0.1, -0.05) is 19.1 Å². The second-order valence-corrected chi connectivity index (χ2v) is 5.10. The Morgan fingerprint density at radius 3 is 2.74 bits per heavy atom. The number of hydrogen-bond acceptors (Lipinski definition) is 3. The average molecular weight is 261 g/mol. The smallest absolute Gasteiger partial charge is 0.0448 e. The van der Waals surface area contributed by atoms with E-state index in [1.165, 1.54) is 16.8 Å². The van der Waals surface area contributed by atoms with E-state index in [9.17, 15) is 0 Å². The number of aromatic nitrogens is 1. The number of pyridine rings is 1. The van der Waals surface area contributed by atoms with Crippen molar-refractivity contribution in [3.05, 3.63) is 35.7 Å². The summed E-state index contributed by atoms with van der Waals surface area (Å²) in [4.78, 5) is 6.79. The lowest BCUT2D eigenvalue weighted by atomic mass is 10.1. The van der Waals surface area contributed by atoms with Crippen molar-refractivity contribution in [3.8, 4) is 0 Å². The molecule has 0 spiro atoms. The van der Waals surface area contributed by atoms with Crippen LogP contribution in [-0.2, 0) is 6.54 Å². The minimum atomic E-state index is 0.878. The minimum Gasteiger partial charge on any atom is -0.367 e. The van der Waals surface area contributed by atoms with E-state index in [-0.39, 0.29) is 0 Å². The van der Waals surface area contributed by atoms with Gasteiger partial charge in [-0.25, -0.2) is 0 Å². The molecule has 19 heavy (non-hydrogen) atoms. The maximum Gasteiger partial charge on any atom is 0.0448 e. The van der Waals surface area contributed by atoms with Gasteiger partial charge < -0.3 is 10.2 Å². The monoisotopic (exact) mass is 261 g/mol. The summed E-state index contributed by atoms with van der Waals surface area (Å²) in [5.74, 6) is 0. The van der Waals surface area contributed by atoms with Crippen LogP contribution in [0.1, 0.15) is 38.4 Å². The number of likely N-dealkylation sites (N-methyl/N-ethyl adjacent to an activating group) is 1. The molecule has 1 aromatic rings. The van der Waals surface area contributed by atoms with Crippen LogP contribution < -0.4 is 10.2 Å². The maximum absolute atomic E-state index is 4.43. The zero-order valence-electron chi connectivity index (χ0n) is 12.8. The fraction of sp³-hybridized carbons (Fsp3) is 0.562. The van der Waals surface area contributed by atoms with E-state index in [1.807, 2.05) is 13.1 Å². The number of aryl methyl sites for hydroxylation is 1. The van der Waals surface area contributed by atoms with E-state index in [2.05, 4.69) is 48.6 Å². The first-order valence-electron chi connectivity index (χ1n) is 7.14. The second-order valence-electron chi connectivity index (χ2n) is 5.10. The lowest BCUT2D eigenvalue weighted by Gasteiger charge is -2.26. The van der Waals surface area contributed by atoms with Gasteiger partial charge in [0.1, 0.15) is 0 Å². The van der Waals surface area contributed by atoms with E-state index in [0.29, 0.717) is 0 Å².